The highest BCUT2D eigenvalue weighted by molar-refractivity contribution is 8.77. The van der Waals surface area contributed by atoms with Gasteiger partial charge in [0.1, 0.15) is 40.7 Å². The first-order chi connectivity index (χ1) is 35.9. The van der Waals surface area contributed by atoms with E-state index in [0.717, 1.165) is 24.0 Å². The number of hydrogen-bond donors (Lipinski definition) is 4. The average Bonchev–Trinajstić information content (AvgIpc) is 4.07. The Hall–Kier alpha value is -4.52. The van der Waals surface area contributed by atoms with Crippen LogP contribution in [0.2, 0.25) is 5.02 Å². The van der Waals surface area contributed by atoms with Gasteiger partial charge in [-0.05, 0) is 90.8 Å². The molecular formula is C55H79ClFN5O12S2. The van der Waals surface area contributed by atoms with Crippen LogP contribution in [-0.4, -0.2) is 145 Å². The molecule has 17 nitrogen and oxygen atoms in total. The van der Waals surface area contributed by atoms with E-state index in [2.05, 4.69) is 27.8 Å². The largest absolute Gasteiger partial charge is 0.495 e. The van der Waals surface area contributed by atoms with Crippen molar-refractivity contribution >= 4 is 74.6 Å². The van der Waals surface area contributed by atoms with Crippen molar-refractivity contribution in [3.8, 4) is 17.6 Å². The van der Waals surface area contributed by atoms with Crippen LogP contribution >= 0.6 is 33.2 Å². The highest BCUT2D eigenvalue weighted by Crippen LogP contribution is 2.49. The predicted octanol–water partition coefficient (Wildman–Crippen LogP) is 7.92. The number of fused-ring (bicyclic) bond motifs is 5. The maximum Gasteiger partial charge on any atom is 0.409 e. The Balaban J connectivity index is 1.15. The molecule has 0 spiro atoms. The molecule has 0 aromatic heterocycles. The van der Waals surface area contributed by atoms with Crippen LogP contribution in [0.15, 0.2) is 35.9 Å². The van der Waals surface area contributed by atoms with Crippen molar-refractivity contribution in [1.82, 2.24) is 20.9 Å². The molecule has 0 radical (unpaired) electrons. The van der Waals surface area contributed by atoms with E-state index >= 15 is 4.39 Å². The van der Waals surface area contributed by atoms with Gasteiger partial charge in [0.2, 0.25) is 23.4 Å². The van der Waals surface area contributed by atoms with Crippen LogP contribution in [0.3, 0.4) is 0 Å². The molecular weight excluding hydrogens is 1040 g/mol. The van der Waals surface area contributed by atoms with E-state index in [9.17, 15) is 33.9 Å². The summed E-state index contributed by atoms with van der Waals surface area (Å²) in [4.78, 5) is 82.8. The Morgan fingerprint density at radius 1 is 1.11 bits per heavy atom. The number of likely N-dealkylation sites (N-methyl/N-ethyl adjacent to an activating group) is 1. The lowest BCUT2D eigenvalue weighted by molar-refractivity contribution is -0.162. The van der Waals surface area contributed by atoms with E-state index < -0.39 is 77.2 Å². The predicted molar refractivity (Wildman–Crippen MR) is 294 cm³/mol. The van der Waals surface area contributed by atoms with Crippen LogP contribution in [0.4, 0.5) is 14.9 Å². The quantitative estimate of drug-likeness (QED) is 0.0321. The number of alkyl carbamates (subject to hydrolysis) is 1. The average molecular weight is 1120 g/mol. The van der Waals surface area contributed by atoms with Crippen LogP contribution in [0.25, 0.3) is 0 Å². The van der Waals surface area contributed by atoms with E-state index in [1.807, 2.05) is 26.8 Å². The molecule has 1 unspecified atom stereocenters. The highest BCUT2D eigenvalue weighted by atomic mass is 35.5. The molecule has 1 aliphatic carbocycles. The number of halogens is 2. The normalized spacial score (nSPS) is 28.5. The first kappa shape index (κ1) is 62.3. The molecule has 9 atom stereocenters. The van der Waals surface area contributed by atoms with Gasteiger partial charge in [-0.15, -0.1) is 0 Å². The molecule has 4 aliphatic rings. The third kappa shape index (κ3) is 17.0. The van der Waals surface area contributed by atoms with E-state index in [0.29, 0.717) is 81.6 Å². The number of aliphatic hydroxyl groups is 1. The first-order valence-electron chi connectivity index (χ1n) is 26.3. The second kappa shape index (κ2) is 27.9. The number of epoxide rings is 1. The van der Waals surface area contributed by atoms with Gasteiger partial charge in [-0.3, -0.25) is 24.5 Å². The highest BCUT2D eigenvalue weighted by Gasteiger charge is 2.64. The Bertz CT molecular complexity index is 2380. The Morgan fingerprint density at radius 2 is 1.86 bits per heavy atom. The zero-order valence-corrected chi connectivity index (χ0v) is 48.2. The molecule has 76 heavy (non-hydrogen) atoms. The van der Waals surface area contributed by atoms with Gasteiger partial charge in [0.15, 0.2) is 5.72 Å². The van der Waals surface area contributed by atoms with Gasteiger partial charge in [0.05, 0.1) is 25.3 Å². The number of unbranched alkanes of at least 4 members (excludes halogenated alkanes) is 2. The number of rotatable bonds is 20. The number of ether oxygens (including phenoxy) is 5. The molecule has 2 saturated heterocycles. The summed E-state index contributed by atoms with van der Waals surface area (Å²) in [7, 11) is 9.19. The molecule has 3 heterocycles. The molecule has 422 valence electrons. The van der Waals surface area contributed by atoms with Crippen molar-refractivity contribution in [3.63, 3.8) is 0 Å². The topological polar surface area (TPSA) is 215 Å². The number of allylic oxidation sites excluding steroid dienone is 3. The molecule has 1 aromatic carbocycles. The summed E-state index contributed by atoms with van der Waals surface area (Å²) in [5, 5.41) is 20.2. The van der Waals surface area contributed by atoms with Crippen LogP contribution in [0.1, 0.15) is 131 Å². The number of hydrogen-bond acceptors (Lipinski definition) is 14. The zero-order valence-electron chi connectivity index (χ0n) is 45.8. The Kier molecular flexibility index (Phi) is 22.9. The van der Waals surface area contributed by atoms with Crippen molar-refractivity contribution in [2.24, 2.45) is 5.92 Å². The van der Waals surface area contributed by atoms with E-state index in [1.165, 1.54) is 31.1 Å². The maximum atomic E-state index is 15.1. The van der Waals surface area contributed by atoms with Crippen molar-refractivity contribution in [3.05, 3.63) is 46.5 Å². The SMILES string of the molecule is COc1cc2cc(c1Cl)N(C)C(=O)C[C@H](OC(=O)[C@H](C)N(C)C(=O)CCC(C)(C)SSCCNC(=O)CCCCCNC(=O)C1(F)C#CCCCCC1)[C@]1(C)O[C@H]1[C@H](C)[C@@H]1C[C@@](O)(NC(=O)O1)[C@H](OC)/C=C/C=C(\C)C2. The standard InChI is InChI=1S/C55H79ClFN5O12S2/c1-35-20-19-21-42(71-10)55(69)34-41(72-51(68)60-55)36(2)48-53(6,74-48)43(33-46(65)62(8)39-31-38(30-35)32-40(70-9)47(39)56)73-49(66)37(3)61(7)45(64)23-26-52(4,5)76-75-29-28-58-44(63)22-15-14-18-27-59-50(67)54(57)24-16-12-11-13-17-25-54/h19-21,31-32,36-37,41-43,48,69H,11-16,18,22-24,26-30,33-34H2,1-10H3,(H,58,63)(H,59,67)(H,60,68)/b21-19+,35-20+/t36-,37+,41+,42-,43+,48+,53+,54?,55+/m1/s1. The van der Waals surface area contributed by atoms with Crippen molar-refractivity contribution < 1.29 is 61.9 Å². The zero-order chi connectivity index (χ0) is 56.0. The molecule has 3 aliphatic heterocycles. The third-order valence-corrected chi connectivity index (χ3v) is 18.3. The van der Waals surface area contributed by atoms with Crippen LogP contribution < -0.4 is 25.6 Å². The second-order valence-corrected chi connectivity index (χ2v) is 24.6. The van der Waals surface area contributed by atoms with Gasteiger partial charge < -0.3 is 49.2 Å². The number of carbonyl (C=O) groups excluding carboxylic acids is 6. The summed E-state index contributed by atoms with van der Waals surface area (Å²) >= 11 is 6.83. The summed E-state index contributed by atoms with van der Waals surface area (Å²) in [6, 6.07) is 2.51. The van der Waals surface area contributed by atoms with Gasteiger partial charge in [-0.1, -0.05) is 88.6 Å². The molecule has 4 bridgehead atoms. The molecule has 2 fully saturated rings. The first-order valence-corrected chi connectivity index (χ1v) is 29.0. The number of alkyl halides is 1. The minimum atomic E-state index is -2.13. The number of nitrogens with one attached hydrogen (secondary N) is 3. The van der Waals surface area contributed by atoms with E-state index in [-0.39, 0.29) is 47.3 Å². The van der Waals surface area contributed by atoms with Gasteiger partial charge >= 0.3 is 12.1 Å². The summed E-state index contributed by atoms with van der Waals surface area (Å²) in [6.45, 7) is 11.8. The Labute approximate surface area is 461 Å². The van der Waals surface area contributed by atoms with Gasteiger partial charge in [-0.25, -0.2) is 14.0 Å². The lowest BCUT2D eigenvalue weighted by atomic mass is 9.83. The minimum absolute atomic E-state index is 0.0697. The van der Waals surface area contributed by atoms with Crippen LogP contribution in [0.5, 0.6) is 5.75 Å². The van der Waals surface area contributed by atoms with Crippen molar-refractivity contribution in [1.29, 1.82) is 0 Å². The van der Waals surface area contributed by atoms with Gasteiger partial charge in [-0.2, -0.15) is 0 Å². The summed E-state index contributed by atoms with van der Waals surface area (Å²) in [5.41, 5.74) is -3.20. The number of benzene rings is 1. The van der Waals surface area contributed by atoms with Crippen LogP contribution in [-0.2, 0) is 49.3 Å². The smallest absolute Gasteiger partial charge is 0.409 e. The molecule has 4 N–H and O–H groups in total. The maximum absolute atomic E-state index is 15.1. The lowest BCUT2D eigenvalue weighted by Gasteiger charge is -2.42. The number of nitrogens with zero attached hydrogens (tertiary/aromatic N) is 2. The number of carbonyl (C=O) groups is 6. The molecule has 1 aromatic rings. The summed E-state index contributed by atoms with van der Waals surface area (Å²) < 4.78 is 44.3. The summed E-state index contributed by atoms with van der Waals surface area (Å²) in [6.07, 6.45) is 6.70. The lowest BCUT2D eigenvalue weighted by Crippen LogP contribution is -2.63. The van der Waals surface area contributed by atoms with Gasteiger partial charge in [0.25, 0.3) is 5.91 Å². The summed E-state index contributed by atoms with van der Waals surface area (Å²) in [5.74, 6) is 3.46. The molecule has 21 heteroatoms. The number of methoxy groups -OCH3 is 2. The Morgan fingerprint density at radius 3 is 2.58 bits per heavy atom. The van der Waals surface area contributed by atoms with E-state index in [1.54, 1.807) is 73.7 Å². The third-order valence-electron chi connectivity index (χ3n) is 14.6. The molecule has 5 rings (SSSR count). The molecule has 5 amide bonds. The van der Waals surface area contributed by atoms with Gasteiger partial charge in [0, 0.05) is 82.8 Å². The van der Waals surface area contributed by atoms with Crippen molar-refractivity contribution in [2.75, 3.05) is 52.1 Å². The minimum Gasteiger partial charge on any atom is -0.495 e. The number of anilines is 1. The van der Waals surface area contributed by atoms with Crippen LogP contribution in [0, 0.1) is 17.8 Å². The number of esters is 1. The monoisotopic (exact) mass is 1120 g/mol. The molecule has 0 saturated carbocycles. The fraction of sp³-hybridized carbons (Fsp3) is 0.673. The van der Waals surface area contributed by atoms with E-state index in [4.69, 9.17) is 35.3 Å². The number of amides is 5. The van der Waals surface area contributed by atoms with Crippen molar-refractivity contribution in [2.45, 2.75) is 184 Å². The fourth-order valence-electron chi connectivity index (χ4n) is 9.49. The second-order valence-electron chi connectivity index (χ2n) is 21.1. The fourth-order valence-corrected chi connectivity index (χ4v) is 12.3.